The van der Waals surface area contributed by atoms with Gasteiger partial charge >= 0.3 is 0 Å². The van der Waals surface area contributed by atoms with E-state index >= 15 is 0 Å². The van der Waals surface area contributed by atoms with Gasteiger partial charge in [0.15, 0.2) is 11.1 Å². The zero-order valence-corrected chi connectivity index (χ0v) is 8.91. The van der Waals surface area contributed by atoms with E-state index in [2.05, 4.69) is 0 Å². The molecule has 0 radical (unpaired) electrons. The molecule has 2 rings (SSSR count). The van der Waals surface area contributed by atoms with Crippen LogP contribution in [0.25, 0.3) is 10.1 Å². The largest absolute Gasteiger partial charge is 0.302 e. The van der Waals surface area contributed by atoms with Crippen LogP contribution in [0.2, 0.25) is 0 Å². The van der Waals surface area contributed by atoms with Crippen LogP contribution in [0.5, 0.6) is 0 Å². The van der Waals surface area contributed by atoms with E-state index in [9.17, 15) is 8.60 Å². The Balaban J connectivity index is 2.87. The summed E-state index contributed by atoms with van der Waals surface area (Å²) in [7, 11) is 0. The molecule has 1 aromatic carbocycles. The van der Waals surface area contributed by atoms with Crippen molar-refractivity contribution in [1.29, 1.82) is 0 Å². The van der Waals surface area contributed by atoms with Crippen molar-refractivity contribution < 1.29 is 13.2 Å². The summed E-state index contributed by atoms with van der Waals surface area (Å²) in [6.07, 6.45) is 0. The smallest absolute Gasteiger partial charge is 0.197 e. The van der Waals surface area contributed by atoms with Crippen LogP contribution in [0.15, 0.2) is 22.4 Å². The van der Waals surface area contributed by atoms with Gasteiger partial charge in [0.1, 0.15) is 10.0 Å². The highest BCUT2D eigenvalue weighted by molar-refractivity contribution is 7.82. The fourth-order valence-electron chi connectivity index (χ4n) is 1.40. The van der Waals surface area contributed by atoms with Crippen molar-refractivity contribution in [3.05, 3.63) is 29.6 Å². The fraction of sp³-hybridized carbons (Fsp3) is 0.111. The van der Waals surface area contributed by atoms with Crippen LogP contribution >= 0.6 is 11.3 Å². The monoisotopic (exact) mass is 230 g/mol. The Morgan fingerprint density at radius 3 is 2.79 bits per heavy atom. The number of aryl methyl sites for hydroxylation is 1. The number of thiophene rings is 1. The molecule has 0 bridgehead atoms. The number of benzene rings is 1. The molecule has 0 fully saturated rings. The van der Waals surface area contributed by atoms with Crippen LogP contribution in [0.3, 0.4) is 0 Å². The number of hydrogen-bond donors (Lipinski definition) is 1. The Hall–Kier alpha value is -0.780. The lowest BCUT2D eigenvalue weighted by atomic mass is 10.2. The molecule has 0 aliphatic heterocycles. The summed E-state index contributed by atoms with van der Waals surface area (Å²) in [5.41, 5.74) is 0.559. The van der Waals surface area contributed by atoms with E-state index in [-0.39, 0.29) is 5.82 Å². The van der Waals surface area contributed by atoms with Gasteiger partial charge in [-0.2, -0.15) is 0 Å². The summed E-state index contributed by atoms with van der Waals surface area (Å²) in [4.78, 5) is 0. The van der Waals surface area contributed by atoms with Gasteiger partial charge in [0, 0.05) is 10.1 Å². The molecule has 0 aliphatic rings. The molecule has 0 spiro atoms. The van der Waals surface area contributed by atoms with E-state index in [0.717, 1.165) is 11.3 Å². The van der Waals surface area contributed by atoms with Crippen LogP contribution in [-0.2, 0) is 11.1 Å². The average Bonchev–Trinajstić information content (AvgIpc) is 2.45. The maximum Gasteiger partial charge on any atom is 0.197 e. The highest BCUT2D eigenvalue weighted by Gasteiger charge is 2.14. The summed E-state index contributed by atoms with van der Waals surface area (Å²) in [5.74, 6) is -0.340. The summed E-state index contributed by atoms with van der Waals surface area (Å²) in [6, 6.07) is 4.69. The van der Waals surface area contributed by atoms with Crippen LogP contribution in [-0.4, -0.2) is 8.76 Å². The van der Waals surface area contributed by atoms with Crippen molar-refractivity contribution in [3.8, 4) is 0 Å². The molecule has 1 atom stereocenters. The predicted molar refractivity (Wildman–Crippen MR) is 55.6 cm³/mol. The van der Waals surface area contributed by atoms with Gasteiger partial charge < -0.3 is 4.55 Å². The number of hydrogen-bond acceptors (Lipinski definition) is 2. The van der Waals surface area contributed by atoms with Crippen molar-refractivity contribution in [3.63, 3.8) is 0 Å². The maximum absolute atomic E-state index is 13.3. The highest BCUT2D eigenvalue weighted by Crippen LogP contribution is 2.33. The standard InChI is InChI=1S/C9H7FO2S2/c1-5-8-6(10)3-2-4-7(8)13-9(5)14(11)12/h2-4H,1H3,(H,11,12). The molecule has 0 saturated heterocycles. The van der Waals surface area contributed by atoms with Crippen molar-refractivity contribution in [2.45, 2.75) is 11.1 Å². The molecule has 1 heterocycles. The van der Waals surface area contributed by atoms with Crippen LogP contribution in [0.1, 0.15) is 5.56 Å². The Kier molecular flexibility index (Phi) is 2.38. The van der Waals surface area contributed by atoms with Gasteiger partial charge in [0.25, 0.3) is 0 Å². The summed E-state index contributed by atoms with van der Waals surface area (Å²) in [6.45, 7) is 1.66. The molecule has 0 saturated carbocycles. The zero-order valence-electron chi connectivity index (χ0n) is 7.28. The lowest BCUT2D eigenvalue weighted by Crippen LogP contribution is -1.86. The van der Waals surface area contributed by atoms with E-state index in [1.807, 2.05) is 0 Å². The second kappa shape index (κ2) is 3.42. The Morgan fingerprint density at radius 2 is 2.21 bits per heavy atom. The normalized spacial score (nSPS) is 13.4. The van der Waals surface area contributed by atoms with E-state index in [0.29, 0.717) is 19.9 Å². The fourth-order valence-corrected chi connectivity index (χ4v) is 3.27. The third-order valence-corrected chi connectivity index (χ3v) is 4.37. The Morgan fingerprint density at radius 1 is 1.50 bits per heavy atom. The summed E-state index contributed by atoms with van der Waals surface area (Å²) in [5, 5.41) is 0.454. The van der Waals surface area contributed by atoms with Crippen molar-refractivity contribution >= 4 is 32.5 Å². The minimum atomic E-state index is -2.03. The second-order valence-corrected chi connectivity index (χ2v) is 5.09. The van der Waals surface area contributed by atoms with Crippen LogP contribution in [0.4, 0.5) is 4.39 Å². The zero-order chi connectivity index (χ0) is 10.3. The van der Waals surface area contributed by atoms with Gasteiger partial charge in [-0.1, -0.05) is 6.07 Å². The quantitative estimate of drug-likeness (QED) is 0.765. The minimum absolute atomic E-state index is 0.324. The molecular formula is C9H7FO2S2. The van der Waals surface area contributed by atoms with Gasteiger partial charge in [-0.05, 0) is 24.6 Å². The highest BCUT2D eigenvalue weighted by atomic mass is 32.2. The lowest BCUT2D eigenvalue weighted by Gasteiger charge is -1.93. The Labute approximate surface area is 86.7 Å². The van der Waals surface area contributed by atoms with Crippen molar-refractivity contribution in [2.75, 3.05) is 0 Å². The molecular weight excluding hydrogens is 223 g/mol. The third kappa shape index (κ3) is 1.37. The molecule has 2 aromatic rings. The lowest BCUT2D eigenvalue weighted by molar-refractivity contribution is 0.566. The first kappa shape index (κ1) is 9.76. The number of fused-ring (bicyclic) bond motifs is 1. The first-order chi connectivity index (χ1) is 6.61. The molecule has 1 N–H and O–H groups in total. The van der Waals surface area contributed by atoms with Gasteiger partial charge in [-0.3, -0.25) is 0 Å². The molecule has 14 heavy (non-hydrogen) atoms. The predicted octanol–water partition coefficient (Wildman–Crippen LogP) is 2.93. The van der Waals surface area contributed by atoms with Crippen molar-refractivity contribution in [2.24, 2.45) is 0 Å². The van der Waals surface area contributed by atoms with E-state index in [4.69, 9.17) is 4.55 Å². The molecule has 2 nitrogen and oxygen atoms in total. The summed E-state index contributed by atoms with van der Waals surface area (Å²) >= 11 is -0.874. The number of halogens is 1. The minimum Gasteiger partial charge on any atom is -0.302 e. The SMILES string of the molecule is Cc1c(S(=O)O)sc2cccc(F)c12. The van der Waals surface area contributed by atoms with Crippen LogP contribution < -0.4 is 0 Å². The molecule has 1 unspecified atom stereocenters. The van der Waals surface area contributed by atoms with Crippen molar-refractivity contribution in [1.82, 2.24) is 0 Å². The Bertz CT molecular complexity index is 519. The van der Waals surface area contributed by atoms with Gasteiger partial charge in [0.2, 0.25) is 0 Å². The van der Waals surface area contributed by atoms with E-state index in [1.165, 1.54) is 6.07 Å². The molecule has 74 valence electrons. The first-order valence-electron chi connectivity index (χ1n) is 3.89. The summed E-state index contributed by atoms with van der Waals surface area (Å²) < 4.78 is 34.2. The number of rotatable bonds is 1. The molecule has 0 aliphatic carbocycles. The second-order valence-electron chi connectivity index (χ2n) is 2.88. The third-order valence-electron chi connectivity index (χ3n) is 2.02. The van der Waals surface area contributed by atoms with Gasteiger partial charge in [-0.25, -0.2) is 8.60 Å². The van der Waals surface area contributed by atoms with E-state index in [1.54, 1.807) is 19.1 Å². The average molecular weight is 230 g/mol. The van der Waals surface area contributed by atoms with Gasteiger partial charge in [-0.15, -0.1) is 11.3 Å². The molecule has 1 aromatic heterocycles. The first-order valence-corrected chi connectivity index (χ1v) is 5.82. The molecule has 0 amide bonds. The topological polar surface area (TPSA) is 37.3 Å². The van der Waals surface area contributed by atoms with Gasteiger partial charge in [0.05, 0.1) is 0 Å². The molecule has 5 heteroatoms. The van der Waals surface area contributed by atoms with Crippen LogP contribution in [0, 0.1) is 12.7 Å². The van der Waals surface area contributed by atoms with E-state index < -0.39 is 11.1 Å². The maximum atomic E-state index is 13.3.